The van der Waals surface area contributed by atoms with Crippen LogP contribution in [0.4, 0.5) is 4.79 Å². The molecule has 8 heteroatoms. The van der Waals surface area contributed by atoms with Crippen LogP contribution in [0.25, 0.3) is 33.3 Å². The van der Waals surface area contributed by atoms with Gasteiger partial charge in [-0.25, -0.2) is 14.8 Å². The highest BCUT2D eigenvalue weighted by atomic mass is 16.5. The maximum Gasteiger partial charge on any atom is 0.341 e. The standard InChI is InChI=1S/C28H27N5O3/c1-16-24(27(34)33(2)3)25(32-28(35)31-16)18-9-7-8-17(12-18)19-13-21-22(15-30-26(21)29-14-19)20-10-5-6-11-23(20)36-4/h5-15,24-25H,1-4H3,(H,29,30)(H,32,35). The van der Waals surface area contributed by atoms with E-state index in [1.807, 2.05) is 60.9 Å². The molecule has 0 bridgehead atoms. The number of para-hydroxylation sites is 1. The highest BCUT2D eigenvalue weighted by molar-refractivity contribution is 6.09. The van der Waals surface area contributed by atoms with Crippen LogP contribution in [0.2, 0.25) is 0 Å². The topological polar surface area (TPSA) is 99.7 Å². The lowest BCUT2D eigenvalue weighted by Crippen LogP contribution is -2.47. The lowest BCUT2D eigenvalue weighted by molar-refractivity contribution is -0.131. The number of carbonyl (C=O) groups is 2. The number of aromatic nitrogens is 2. The highest BCUT2D eigenvalue weighted by Gasteiger charge is 2.37. The molecule has 2 unspecified atom stereocenters. The Morgan fingerprint density at radius 2 is 1.83 bits per heavy atom. The molecule has 3 heterocycles. The molecule has 8 nitrogen and oxygen atoms in total. The van der Waals surface area contributed by atoms with E-state index in [0.29, 0.717) is 5.71 Å². The fraction of sp³-hybridized carbons (Fsp3) is 0.214. The SMILES string of the molecule is COc1ccccc1-c1c[nH]c2ncc(-c3cccc(C4NC(=O)N=C(C)C4C(=O)N(C)C)c3)cc12. The molecule has 0 spiro atoms. The minimum absolute atomic E-state index is 0.108. The number of nitrogens with zero attached hydrogens (tertiary/aromatic N) is 3. The smallest absolute Gasteiger partial charge is 0.341 e. The van der Waals surface area contributed by atoms with Gasteiger partial charge in [0.2, 0.25) is 5.91 Å². The number of nitrogens with one attached hydrogen (secondary N) is 2. The zero-order chi connectivity index (χ0) is 25.4. The molecule has 1 aliphatic rings. The van der Waals surface area contributed by atoms with Crippen LogP contribution in [0.1, 0.15) is 18.5 Å². The van der Waals surface area contributed by atoms with E-state index in [1.54, 1.807) is 28.1 Å². The lowest BCUT2D eigenvalue weighted by atomic mass is 9.86. The third-order valence-electron chi connectivity index (χ3n) is 6.55. The molecular formula is C28H27N5O3. The second-order valence-corrected chi connectivity index (χ2v) is 9.04. The van der Waals surface area contributed by atoms with Crippen LogP contribution >= 0.6 is 0 Å². The van der Waals surface area contributed by atoms with Crippen LogP contribution in [0.5, 0.6) is 5.75 Å². The highest BCUT2D eigenvalue weighted by Crippen LogP contribution is 2.37. The Morgan fingerprint density at radius 3 is 2.61 bits per heavy atom. The number of aromatic amines is 1. The molecule has 1 aliphatic heterocycles. The van der Waals surface area contributed by atoms with Crippen molar-refractivity contribution in [2.45, 2.75) is 13.0 Å². The van der Waals surface area contributed by atoms with Gasteiger partial charge in [0.05, 0.1) is 13.2 Å². The van der Waals surface area contributed by atoms with Gasteiger partial charge in [-0.05, 0) is 36.2 Å². The second kappa shape index (κ2) is 9.30. The molecule has 2 atom stereocenters. The van der Waals surface area contributed by atoms with Gasteiger partial charge < -0.3 is 19.9 Å². The first-order valence-electron chi connectivity index (χ1n) is 11.6. The Morgan fingerprint density at radius 1 is 1.03 bits per heavy atom. The van der Waals surface area contributed by atoms with Crippen molar-refractivity contribution in [3.05, 3.63) is 72.6 Å². The number of hydrogen-bond donors (Lipinski definition) is 2. The second-order valence-electron chi connectivity index (χ2n) is 9.04. The van der Waals surface area contributed by atoms with Crippen LogP contribution in [0.15, 0.2) is 72.0 Å². The Hall–Kier alpha value is -4.46. The first-order valence-corrected chi connectivity index (χ1v) is 11.6. The summed E-state index contributed by atoms with van der Waals surface area (Å²) < 4.78 is 5.57. The minimum Gasteiger partial charge on any atom is -0.496 e. The molecule has 4 aromatic rings. The zero-order valence-corrected chi connectivity index (χ0v) is 20.6. The Bertz CT molecular complexity index is 1500. The molecule has 0 saturated heterocycles. The van der Waals surface area contributed by atoms with Crippen molar-refractivity contribution in [1.29, 1.82) is 0 Å². The summed E-state index contributed by atoms with van der Waals surface area (Å²) in [6.07, 6.45) is 3.76. The number of urea groups is 1. The summed E-state index contributed by atoms with van der Waals surface area (Å²) in [5.74, 6) is 0.103. The van der Waals surface area contributed by atoms with E-state index in [1.165, 1.54) is 4.90 Å². The Labute approximate surface area is 209 Å². The number of ether oxygens (including phenoxy) is 1. The number of methoxy groups -OCH3 is 1. The number of amides is 3. The molecule has 0 fully saturated rings. The first kappa shape index (κ1) is 23.3. The van der Waals surface area contributed by atoms with Crippen molar-refractivity contribution in [3.63, 3.8) is 0 Å². The van der Waals surface area contributed by atoms with Crippen LogP contribution in [-0.2, 0) is 4.79 Å². The molecule has 182 valence electrons. The zero-order valence-electron chi connectivity index (χ0n) is 20.6. The first-order chi connectivity index (χ1) is 17.4. The molecule has 2 aromatic carbocycles. The maximum atomic E-state index is 13.0. The van der Waals surface area contributed by atoms with Gasteiger partial charge in [0.15, 0.2) is 0 Å². The van der Waals surface area contributed by atoms with E-state index in [-0.39, 0.29) is 5.91 Å². The van der Waals surface area contributed by atoms with Gasteiger partial charge in [-0.15, -0.1) is 0 Å². The van der Waals surface area contributed by atoms with Gasteiger partial charge in [0.1, 0.15) is 17.3 Å². The van der Waals surface area contributed by atoms with Crippen LogP contribution < -0.4 is 10.1 Å². The van der Waals surface area contributed by atoms with Crippen molar-refractivity contribution in [2.24, 2.45) is 10.9 Å². The van der Waals surface area contributed by atoms with E-state index >= 15 is 0 Å². The van der Waals surface area contributed by atoms with Gasteiger partial charge in [-0.1, -0.05) is 36.4 Å². The van der Waals surface area contributed by atoms with Crippen molar-refractivity contribution in [2.75, 3.05) is 21.2 Å². The monoisotopic (exact) mass is 481 g/mol. The van der Waals surface area contributed by atoms with E-state index in [0.717, 1.165) is 44.6 Å². The van der Waals surface area contributed by atoms with Crippen molar-refractivity contribution in [1.82, 2.24) is 20.2 Å². The summed E-state index contributed by atoms with van der Waals surface area (Å²) in [5, 5.41) is 3.86. The number of hydrogen-bond acceptors (Lipinski definition) is 4. The molecule has 2 aromatic heterocycles. The molecule has 0 aliphatic carbocycles. The Kier molecular flexibility index (Phi) is 6.01. The minimum atomic E-state index is -0.574. The number of carbonyl (C=O) groups excluding carboxylic acids is 2. The van der Waals surface area contributed by atoms with Crippen LogP contribution in [0.3, 0.4) is 0 Å². The fourth-order valence-corrected chi connectivity index (χ4v) is 4.76. The largest absolute Gasteiger partial charge is 0.496 e. The summed E-state index contributed by atoms with van der Waals surface area (Å²) in [5.41, 5.74) is 5.93. The number of pyridine rings is 1. The van der Waals surface area contributed by atoms with E-state index < -0.39 is 18.0 Å². The fourth-order valence-electron chi connectivity index (χ4n) is 4.76. The molecule has 2 N–H and O–H groups in total. The van der Waals surface area contributed by atoms with Crippen molar-refractivity contribution < 1.29 is 14.3 Å². The van der Waals surface area contributed by atoms with E-state index in [4.69, 9.17) is 4.74 Å². The van der Waals surface area contributed by atoms with E-state index in [2.05, 4.69) is 26.3 Å². The molecule has 0 radical (unpaired) electrons. The third kappa shape index (κ3) is 4.11. The quantitative estimate of drug-likeness (QED) is 0.426. The van der Waals surface area contributed by atoms with Crippen LogP contribution in [0, 0.1) is 5.92 Å². The normalized spacial score (nSPS) is 17.4. The predicted molar refractivity (Wildman–Crippen MR) is 140 cm³/mol. The summed E-state index contributed by atoms with van der Waals surface area (Å²) >= 11 is 0. The Balaban J connectivity index is 1.57. The maximum absolute atomic E-state index is 13.0. The number of H-pyrrole nitrogens is 1. The average Bonchev–Trinajstić information content (AvgIpc) is 3.31. The number of benzene rings is 2. The summed E-state index contributed by atoms with van der Waals surface area (Å²) in [7, 11) is 5.07. The summed E-state index contributed by atoms with van der Waals surface area (Å²) in [6, 6.07) is 16.9. The molecule has 36 heavy (non-hydrogen) atoms. The summed E-state index contributed by atoms with van der Waals surface area (Å²) in [4.78, 5) is 38.6. The van der Waals surface area contributed by atoms with Gasteiger partial charge in [0, 0.05) is 54.3 Å². The molecular weight excluding hydrogens is 454 g/mol. The molecule has 3 amide bonds. The number of aliphatic imine (C=N–C) groups is 1. The lowest BCUT2D eigenvalue weighted by Gasteiger charge is -2.32. The summed E-state index contributed by atoms with van der Waals surface area (Å²) in [6.45, 7) is 1.73. The van der Waals surface area contributed by atoms with Gasteiger partial charge in [-0.2, -0.15) is 0 Å². The van der Waals surface area contributed by atoms with Gasteiger partial charge >= 0.3 is 6.03 Å². The van der Waals surface area contributed by atoms with Gasteiger partial charge in [0.25, 0.3) is 0 Å². The third-order valence-corrected chi connectivity index (χ3v) is 6.55. The predicted octanol–water partition coefficient (Wildman–Crippen LogP) is 4.84. The molecule has 5 rings (SSSR count). The van der Waals surface area contributed by atoms with Crippen molar-refractivity contribution in [3.8, 4) is 28.0 Å². The number of fused-ring (bicyclic) bond motifs is 1. The van der Waals surface area contributed by atoms with Crippen molar-refractivity contribution >= 4 is 28.7 Å². The molecule has 0 saturated carbocycles. The van der Waals surface area contributed by atoms with Crippen LogP contribution in [-0.4, -0.2) is 53.7 Å². The van der Waals surface area contributed by atoms with Gasteiger partial charge in [-0.3, -0.25) is 4.79 Å². The average molecular weight is 482 g/mol. The van der Waals surface area contributed by atoms with E-state index in [9.17, 15) is 9.59 Å². The number of rotatable bonds is 5.